The first-order valence-electron chi connectivity index (χ1n) is 7.71. The van der Waals surface area contributed by atoms with Gasteiger partial charge >= 0.3 is 11.8 Å². The lowest BCUT2D eigenvalue weighted by atomic mass is 10.1. The van der Waals surface area contributed by atoms with Crippen LogP contribution in [-0.4, -0.2) is 37.0 Å². The van der Waals surface area contributed by atoms with E-state index in [0.717, 1.165) is 42.5 Å². The van der Waals surface area contributed by atoms with Gasteiger partial charge in [0.25, 0.3) is 5.91 Å². The number of ether oxygens (including phenoxy) is 1. The van der Waals surface area contributed by atoms with Crippen LogP contribution >= 0.6 is 11.3 Å². The Morgan fingerprint density at radius 3 is 2.74 bits per heavy atom. The minimum atomic E-state index is -0.787. The van der Waals surface area contributed by atoms with Crippen LogP contribution in [0.4, 0.5) is 5.00 Å². The van der Waals surface area contributed by atoms with E-state index in [2.05, 4.69) is 10.6 Å². The number of carbonyl (C=O) groups is 3. The number of hydrogen-bond acceptors (Lipinski definition) is 5. The summed E-state index contributed by atoms with van der Waals surface area (Å²) in [4.78, 5) is 36.6. The number of fused-ring (bicyclic) bond motifs is 1. The maximum absolute atomic E-state index is 12.0. The molecule has 124 valence electrons. The van der Waals surface area contributed by atoms with Crippen LogP contribution in [0.1, 0.15) is 40.1 Å². The molecule has 1 aromatic rings. The normalized spacial score (nSPS) is 19.4. The predicted molar refractivity (Wildman–Crippen MR) is 85.5 cm³/mol. The van der Waals surface area contributed by atoms with Crippen molar-refractivity contribution in [3.63, 3.8) is 0 Å². The minimum absolute atomic E-state index is 0.0292. The predicted octanol–water partition coefficient (Wildman–Crippen LogP) is 0.569. The molecule has 1 atom stereocenters. The van der Waals surface area contributed by atoms with E-state index in [1.165, 1.54) is 11.3 Å². The Morgan fingerprint density at radius 2 is 2.04 bits per heavy atom. The number of nitrogens with one attached hydrogen (secondary N) is 2. The van der Waals surface area contributed by atoms with Crippen molar-refractivity contribution in [1.82, 2.24) is 5.32 Å². The zero-order chi connectivity index (χ0) is 16.4. The lowest BCUT2D eigenvalue weighted by Crippen LogP contribution is -2.39. The number of aryl methyl sites for hydroxylation is 1. The number of carbonyl (C=O) groups excluding carboxylic acids is 3. The van der Waals surface area contributed by atoms with Gasteiger partial charge in [-0.2, -0.15) is 0 Å². The van der Waals surface area contributed by atoms with Gasteiger partial charge in [-0.05, 0) is 37.7 Å². The van der Waals surface area contributed by atoms with E-state index >= 15 is 0 Å². The van der Waals surface area contributed by atoms with Gasteiger partial charge in [-0.3, -0.25) is 14.4 Å². The molecule has 1 aliphatic carbocycles. The first-order valence-corrected chi connectivity index (χ1v) is 8.53. The van der Waals surface area contributed by atoms with Gasteiger partial charge in [0, 0.05) is 18.0 Å². The third-order valence-electron chi connectivity index (χ3n) is 4.12. The van der Waals surface area contributed by atoms with E-state index in [0.29, 0.717) is 23.7 Å². The molecule has 23 heavy (non-hydrogen) atoms. The molecule has 0 saturated carbocycles. The Morgan fingerprint density at radius 1 is 1.22 bits per heavy atom. The molecule has 1 aromatic heterocycles. The standard InChI is InChI=1S/C15H19N3O4S/c16-12(19)11-9-4-1-5-10(9)23-15(11)18-14(21)13(20)17-7-8-3-2-6-22-8/h8H,1-7H2,(H2,16,19)(H,17,20)(H,18,21)/t8-/m1/s1. The number of primary amides is 1. The molecular formula is C15H19N3O4S. The Balaban J connectivity index is 1.63. The summed E-state index contributed by atoms with van der Waals surface area (Å²) in [5.41, 5.74) is 6.69. The van der Waals surface area contributed by atoms with Gasteiger partial charge in [-0.25, -0.2) is 0 Å². The molecule has 3 rings (SSSR count). The van der Waals surface area contributed by atoms with E-state index in [1.54, 1.807) is 0 Å². The van der Waals surface area contributed by atoms with E-state index in [9.17, 15) is 14.4 Å². The van der Waals surface area contributed by atoms with Gasteiger partial charge in [0.15, 0.2) is 0 Å². The Kier molecular flexibility index (Phi) is 4.63. The number of hydrogen-bond donors (Lipinski definition) is 3. The van der Waals surface area contributed by atoms with Crippen molar-refractivity contribution < 1.29 is 19.1 Å². The van der Waals surface area contributed by atoms with Gasteiger partial charge in [-0.1, -0.05) is 0 Å². The molecule has 4 N–H and O–H groups in total. The van der Waals surface area contributed by atoms with Crippen LogP contribution in [0.15, 0.2) is 0 Å². The van der Waals surface area contributed by atoms with E-state index in [4.69, 9.17) is 10.5 Å². The van der Waals surface area contributed by atoms with Crippen LogP contribution in [0, 0.1) is 0 Å². The Hall–Kier alpha value is -1.93. The first-order chi connectivity index (χ1) is 11.1. The number of anilines is 1. The Bertz CT molecular complexity index is 649. The quantitative estimate of drug-likeness (QED) is 0.698. The highest BCUT2D eigenvalue weighted by Crippen LogP contribution is 2.38. The molecular weight excluding hydrogens is 318 g/mol. The fourth-order valence-corrected chi connectivity index (χ4v) is 4.29. The summed E-state index contributed by atoms with van der Waals surface area (Å²) < 4.78 is 5.39. The van der Waals surface area contributed by atoms with Crippen LogP contribution in [-0.2, 0) is 27.2 Å². The maximum atomic E-state index is 12.0. The van der Waals surface area contributed by atoms with Gasteiger partial charge in [0.05, 0.1) is 11.7 Å². The zero-order valence-corrected chi connectivity index (χ0v) is 13.5. The van der Waals surface area contributed by atoms with Crippen molar-refractivity contribution in [2.75, 3.05) is 18.5 Å². The Labute approximate surface area is 137 Å². The molecule has 2 aliphatic rings. The maximum Gasteiger partial charge on any atom is 0.314 e. The fraction of sp³-hybridized carbons (Fsp3) is 0.533. The van der Waals surface area contributed by atoms with Crippen molar-refractivity contribution in [1.29, 1.82) is 0 Å². The monoisotopic (exact) mass is 337 g/mol. The van der Waals surface area contributed by atoms with Gasteiger partial charge in [0.2, 0.25) is 0 Å². The molecule has 1 fully saturated rings. The highest BCUT2D eigenvalue weighted by Gasteiger charge is 2.27. The topological polar surface area (TPSA) is 111 Å². The molecule has 0 aromatic carbocycles. The average Bonchev–Trinajstić information content (AvgIpc) is 3.20. The second kappa shape index (κ2) is 6.67. The number of nitrogens with two attached hydrogens (primary N) is 1. The van der Waals surface area contributed by atoms with Crippen LogP contribution in [0.25, 0.3) is 0 Å². The lowest BCUT2D eigenvalue weighted by molar-refractivity contribution is -0.136. The van der Waals surface area contributed by atoms with E-state index in [-0.39, 0.29) is 6.10 Å². The third kappa shape index (κ3) is 3.37. The fourth-order valence-electron chi connectivity index (χ4n) is 3.00. The third-order valence-corrected chi connectivity index (χ3v) is 5.32. The molecule has 7 nitrogen and oxygen atoms in total. The summed E-state index contributed by atoms with van der Waals surface area (Å²) in [6, 6.07) is 0. The van der Waals surface area contributed by atoms with E-state index in [1.807, 2.05) is 0 Å². The molecule has 2 heterocycles. The molecule has 1 saturated heterocycles. The van der Waals surface area contributed by atoms with Gasteiger partial charge in [0.1, 0.15) is 5.00 Å². The van der Waals surface area contributed by atoms with Crippen LogP contribution < -0.4 is 16.4 Å². The van der Waals surface area contributed by atoms with Crippen molar-refractivity contribution >= 4 is 34.1 Å². The summed E-state index contributed by atoms with van der Waals surface area (Å²) in [5.74, 6) is -2.09. The zero-order valence-electron chi connectivity index (χ0n) is 12.6. The van der Waals surface area contributed by atoms with Crippen molar-refractivity contribution in [3.8, 4) is 0 Å². The summed E-state index contributed by atoms with van der Waals surface area (Å²) in [6.07, 6.45) is 4.46. The molecule has 0 spiro atoms. The van der Waals surface area contributed by atoms with Crippen LogP contribution in [0.2, 0.25) is 0 Å². The molecule has 0 radical (unpaired) electrons. The number of thiophene rings is 1. The van der Waals surface area contributed by atoms with E-state index < -0.39 is 17.7 Å². The summed E-state index contributed by atoms with van der Waals surface area (Å²) in [7, 11) is 0. The highest BCUT2D eigenvalue weighted by molar-refractivity contribution is 7.17. The number of amides is 3. The van der Waals surface area contributed by atoms with Crippen molar-refractivity contribution in [3.05, 3.63) is 16.0 Å². The summed E-state index contributed by atoms with van der Waals surface area (Å²) in [5, 5.41) is 5.45. The summed E-state index contributed by atoms with van der Waals surface area (Å²) in [6.45, 7) is 1.01. The largest absolute Gasteiger partial charge is 0.376 e. The minimum Gasteiger partial charge on any atom is -0.376 e. The second-order valence-corrected chi connectivity index (χ2v) is 6.83. The smallest absolute Gasteiger partial charge is 0.314 e. The first kappa shape index (κ1) is 15.9. The lowest BCUT2D eigenvalue weighted by Gasteiger charge is -2.10. The molecule has 0 unspecified atom stereocenters. The van der Waals surface area contributed by atoms with Gasteiger partial charge < -0.3 is 21.1 Å². The second-order valence-electron chi connectivity index (χ2n) is 5.72. The van der Waals surface area contributed by atoms with Crippen molar-refractivity contribution in [2.24, 2.45) is 5.73 Å². The SMILES string of the molecule is NC(=O)c1c(NC(=O)C(=O)NC[C@H]2CCCO2)sc2c1CCC2. The van der Waals surface area contributed by atoms with Crippen LogP contribution in [0.3, 0.4) is 0 Å². The highest BCUT2D eigenvalue weighted by atomic mass is 32.1. The molecule has 3 amide bonds. The van der Waals surface area contributed by atoms with Gasteiger partial charge in [-0.15, -0.1) is 11.3 Å². The number of rotatable bonds is 4. The van der Waals surface area contributed by atoms with Crippen LogP contribution in [0.5, 0.6) is 0 Å². The molecule has 0 bridgehead atoms. The molecule has 1 aliphatic heterocycles. The summed E-state index contributed by atoms with van der Waals surface area (Å²) >= 11 is 1.33. The van der Waals surface area contributed by atoms with Crippen molar-refractivity contribution in [2.45, 2.75) is 38.2 Å². The molecule has 8 heteroatoms. The average molecular weight is 337 g/mol.